The molecule has 0 aromatic heterocycles. The van der Waals surface area contributed by atoms with Gasteiger partial charge in [-0.05, 0) is 18.8 Å². The Morgan fingerprint density at radius 3 is 2.82 bits per heavy atom. The van der Waals surface area contributed by atoms with Crippen LogP contribution in [0.2, 0.25) is 0 Å². The van der Waals surface area contributed by atoms with E-state index in [-0.39, 0.29) is 24.3 Å². The summed E-state index contributed by atoms with van der Waals surface area (Å²) >= 11 is 0. The third-order valence-electron chi connectivity index (χ3n) is 3.20. The standard InChI is InChI=1S/C12H22N2O3/c1-2-3-10(13)7-11(15)14-5-4-9(8-14)6-12(16)17/h9-10H,2-8,13H2,1H3,(H,16,17). The number of hydrogen-bond donors (Lipinski definition) is 2. The molecule has 98 valence electrons. The molecule has 2 unspecified atom stereocenters. The van der Waals surface area contributed by atoms with Crippen molar-refractivity contribution in [2.24, 2.45) is 11.7 Å². The van der Waals surface area contributed by atoms with Gasteiger partial charge in [-0.2, -0.15) is 0 Å². The quantitative estimate of drug-likeness (QED) is 0.722. The van der Waals surface area contributed by atoms with Crippen LogP contribution in [0.5, 0.6) is 0 Å². The lowest BCUT2D eigenvalue weighted by molar-refractivity contribution is -0.138. The maximum Gasteiger partial charge on any atom is 0.303 e. The first-order valence-electron chi connectivity index (χ1n) is 6.28. The molecule has 0 aromatic carbocycles. The molecule has 0 radical (unpaired) electrons. The van der Waals surface area contributed by atoms with Crippen LogP contribution in [-0.2, 0) is 9.59 Å². The number of carboxylic acid groups (broad SMARTS) is 1. The third kappa shape index (κ3) is 4.73. The van der Waals surface area contributed by atoms with Crippen LogP contribution >= 0.6 is 0 Å². The first-order valence-corrected chi connectivity index (χ1v) is 6.28. The van der Waals surface area contributed by atoms with Gasteiger partial charge in [0.2, 0.25) is 5.91 Å². The van der Waals surface area contributed by atoms with Gasteiger partial charge in [0.25, 0.3) is 0 Å². The van der Waals surface area contributed by atoms with Gasteiger partial charge in [-0.15, -0.1) is 0 Å². The highest BCUT2D eigenvalue weighted by Gasteiger charge is 2.28. The van der Waals surface area contributed by atoms with E-state index in [4.69, 9.17) is 10.8 Å². The zero-order valence-corrected chi connectivity index (χ0v) is 10.4. The number of likely N-dealkylation sites (tertiary alicyclic amines) is 1. The number of rotatable bonds is 6. The molecule has 0 bridgehead atoms. The van der Waals surface area contributed by atoms with E-state index in [1.807, 2.05) is 6.92 Å². The first kappa shape index (κ1) is 14.0. The molecule has 1 aliphatic heterocycles. The van der Waals surface area contributed by atoms with Crippen LogP contribution < -0.4 is 5.73 Å². The number of amides is 1. The largest absolute Gasteiger partial charge is 0.481 e. The average molecular weight is 242 g/mol. The number of nitrogens with zero attached hydrogens (tertiary/aromatic N) is 1. The Bertz CT molecular complexity index is 281. The van der Waals surface area contributed by atoms with E-state index in [2.05, 4.69) is 0 Å². The Morgan fingerprint density at radius 1 is 1.53 bits per heavy atom. The predicted molar refractivity (Wildman–Crippen MR) is 64.4 cm³/mol. The van der Waals surface area contributed by atoms with Gasteiger partial charge in [0, 0.05) is 32.0 Å². The van der Waals surface area contributed by atoms with Crippen molar-refractivity contribution in [3.63, 3.8) is 0 Å². The fourth-order valence-corrected chi connectivity index (χ4v) is 2.30. The molecule has 1 amide bonds. The summed E-state index contributed by atoms with van der Waals surface area (Å²) in [5, 5.41) is 8.69. The molecular weight excluding hydrogens is 220 g/mol. The molecule has 0 aliphatic carbocycles. The maximum atomic E-state index is 11.9. The smallest absolute Gasteiger partial charge is 0.303 e. The lowest BCUT2D eigenvalue weighted by atomic mass is 10.1. The van der Waals surface area contributed by atoms with Crippen LogP contribution in [0, 0.1) is 5.92 Å². The lowest BCUT2D eigenvalue weighted by Gasteiger charge is -2.18. The first-order chi connectivity index (χ1) is 8.02. The van der Waals surface area contributed by atoms with Crippen molar-refractivity contribution >= 4 is 11.9 Å². The van der Waals surface area contributed by atoms with Gasteiger partial charge in [-0.25, -0.2) is 0 Å². The lowest BCUT2D eigenvalue weighted by Crippen LogP contribution is -2.34. The number of hydrogen-bond acceptors (Lipinski definition) is 3. The Balaban J connectivity index is 2.32. The van der Waals surface area contributed by atoms with E-state index in [0.717, 1.165) is 19.3 Å². The van der Waals surface area contributed by atoms with Crippen LogP contribution in [0.3, 0.4) is 0 Å². The van der Waals surface area contributed by atoms with Crippen molar-refractivity contribution in [3.8, 4) is 0 Å². The Morgan fingerprint density at radius 2 is 2.24 bits per heavy atom. The topological polar surface area (TPSA) is 83.6 Å². The summed E-state index contributed by atoms with van der Waals surface area (Å²) in [6.07, 6.45) is 3.17. The molecule has 0 spiro atoms. The van der Waals surface area contributed by atoms with Crippen LogP contribution in [-0.4, -0.2) is 41.0 Å². The molecule has 1 rings (SSSR count). The van der Waals surface area contributed by atoms with Gasteiger partial charge in [0.15, 0.2) is 0 Å². The molecule has 1 fully saturated rings. The van der Waals surface area contributed by atoms with Gasteiger partial charge in [0.1, 0.15) is 0 Å². The van der Waals surface area contributed by atoms with E-state index in [1.54, 1.807) is 4.90 Å². The van der Waals surface area contributed by atoms with E-state index in [9.17, 15) is 9.59 Å². The molecule has 1 heterocycles. The van der Waals surface area contributed by atoms with Gasteiger partial charge in [-0.1, -0.05) is 13.3 Å². The second-order valence-electron chi connectivity index (χ2n) is 4.85. The molecule has 0 saturated carbocycles. The molecule has 2 atom stereocenters. The van der Waals surface area contributed by atoms with E-state index >= 15 is 0 Å². The summed E-state index contributed by atoms with van der Waals surface area (Å²) in [5.74, 6) is -0.607. The molecule has 3 N–H and O–H groups in total. The summed E-state index contributed by atoms with van der Waals surface area (Å²) in [6.45, 7) is 3.29. The Kier molecular flexibility index (Phi) is 5.41. The minimum atomic E-state index is -0.785. The average Bonchev–Trinajstić information content (AvgIpc) is 2.65. The van der Waals surface area contributed by atoms with Gasteiger partial charge in [0.05, 0.1) is 0 Å². The fraction of sp³-hybridized carbons (Fsp3) is 0.833. The highest BCUT2D eigenvalue weighted by molar-refractivity contribution is 5.77. The fourth-order valence-electron chi connectivity index (χ4n) is 2.30. The van der Waals surface area contributed by atoms with Crippen molar-refractivity contribution in [1.29, 1.82) is 0 Å². The summed E-state index contributed by atoms with van der Waals surface area (Å²) in [7, 11) is 0. The zero-order valence-electron chi connectivity index (χ0n) is 10.4. The minimum absolute atomic E-state index is 0.0639. The zero-order chi connectivity index (χ0) is 12.8. The minimum Gasteiger partial charge on any atom is -0.481 e. The second-order valence-corrected chi connectivity index (χ2v) is 4.85. The van der Waals surface area contributed by atoms with E-state index < -0.39 is 5.97 Å². The molecule has 1 saturated heterocycles. The van der Waals surface area contributed by atoms with Gasteiger partial charge < -0.3 is 15.7 Å². The van der Waals surface area contributed by atoms with Crippen molar-refractivity contribution < 1.29 is 14.7 Å². The van der Waals surface area contributed by atoms with E-state index in [0.29, 0.717) is 19.5 Å². The normalized spacial score (nSPS) is 21.5. The number of carbonyl (C=O) groups excluding carboxylic acids is 1. The predicted octanol–water partition coefficient (Wildman–Crippen LogP) is 0.827. The summed E-state index contributed by atoms with van der Waals surface area (Å²) in [5.41, 5.74) is 5.83. The van der Waals surface area contributed by atoms with Crippen molar-refractivity contribution in [2.45, 2.75) is 45.1 Å². The Hall–Kier alpha value is -1.10. The summed E-state index contributed by atoms with van der Waals surface area (Å²) < 4.78 is 0. The number of carboxylic acids is 1. The van der Waals surface area contributed by atoms with Gasteiger partial charge in [-0.3, -0.25) is 9.59 Å². The van der Waals surface area contributed by atoms with Crippen LogP contribution in [0.25, 0.3) is 0 Å². The Labute approximate surface area is 102 Å². The highest BCUT2D eigenvalue weighted by atomic mass is 16.4. The molecular formula is C12H22N2O3. The molecule has 17 heavy (non-hydrogen) atoms. The third-order valence-corrected chi connectivity index (χ3v) is 3.20. The van der Waals surface area contributed by atoms with E-state index in [1.165, 1.54) is 0 Å². The van der Waals surface area contributed by atoms with Crippen molar-refractivity contribution in [3.05, 3.63) is 0 Å². The molecule has 5 nitrogen and oxygen atoms in total. The molecule has 5 heteroatoms. The summed E-state index contributed by atoms with van der Waals surface area (Å²) in [6, 6.07) is -0.0639. The SMILES string of the molecule is CCCC(N)CC(=O)N1CCC(CC(=O)O)C1. The van der Waals surface area contributed by atoms with Gasteiger partial charge >= 0.3 is 5.97 Å². The monoisotopic (exact) mass is 242 g/mol. The van der Waals surface area contributed by atoms with Crippen LogP contribution in [0.15, 0.2) is 0 Å². The highest BCUT2D eigenvalue weighted by Crippen LogP contribution is 2.20. The van der Waals surface area contributed by atoms with Crippen molar-refractivity contribution in [2.75, 3.05) is 13.1 Å². The summed E-state index contributed by atoms with van der Waals surface area (Å²) in [4.78, 5) is 24.2. The number of aliphatic carboxylic acids is 1. The molecule has 1 aliphatic rings. The van der Waals surface area contributed by atoms with Crippen molar-refractivity contribution in [1.82, 2.24) is 4.90 Å². The molecule has 0 aromatic rings. The second kappa shape index (κ2) is 6.59. The maximum absolute atomic E-state index is 11.9. The van der Waals surface area contributed by atoms with Crippen LogP contribution in [0.4, 0.5) is 0 Å². The number of carbonyl (C=O) groups is 2. The number of nitrogens with two attached hydrogens (primary N) is 1. The van der Waals surface area contributed by atoms with Crippen LogP contribution in [0.1, 0.15) is 39.0 Å².